The first kappa shape index (κ1) is 17.6. The van der Waals surface area contributed by atoms with Crippen LogP contribution in [0.1, 0.15) is 19.3 Å². The molecule has 120 valence electrons. The molecule has 1 heterocycles. The van der Waals surface area contributed by atoms with Gasteiger partial charge in [0, 0.05) is 26.1 Å². The highest BCUT2D eigenvalue weighted by Crippen LogP contribution is 2.21. The number of amides is 3. The van der Waals surface area contributed by atoms with Gasteiger partial charge in [-0.05, 0) is 18.4 Å². The summed E-state index contributed by atoms with van der Waals surface area (Å²) in [6.45, 7) is 0.538. The standard InChI is InChI=1S/C12H21N3O5S/c1-21-7-2-8(14-11(13)19)9(16)15-12(10(17)18)3-5-20-6-4-12/h8H,2-7H2,1H3,(H,15,16)(H,17,18)(H3,13,14,19). The molecule has 0 spiro atoms. The molecule has 5 N–H and O–H groups in total. The van der Waals surface area contributed by atoms with Crippen molar-refractivity contribution in [2.24, 2.45) is 5.73 Å². The van der Waals surface area contributed by atoms with Gasteiger partial charge < -0.3 is 26.2 Å². The van der Waals surface area contributed by atoms with Gasteiger partial charge in [0.2, 0.25) is 5.91 Å². The number of nitrogens with one attached hydrogen (secondary N) is 2. The smallest absolute Gasteiger partial charge is 0.329 e. The predicted molar refractivity (Wildman–Crippen MR) is 78.1 cm³/mol. The zero-order chi connectivity index (χ0) is 15.9. The molecule has 0 bridgehead atoms. The van der Waals surface area contributed by atoms with Gasteiger partial charge in [-0.15, -0.1) is 0 Å². The number of hydrogen-bond donors (Lipinski definition) is 4. The second kappa shape index (κ2) is 8.08. The van der Waals surface area contributed by atoms with Gasteiger partial charge >= 0.3 is 12.0 Å². The summed E-state index contributed by atoms with van der Waals surface area (Å²) in [5.74, 6) is -0.990. The number of primary amides is 1. The van der Waals surface area contributed by atoms with Crippen molar-refractivity contribution < 1.29 is 24.2 Å². The van der Waals surface area contributed by atoms with Crippen LogP contribution >= 0.6 is 11.8 Å². The lowest BCUT2D eigenvalue weighted by molar-refractivity contribution is -0.152. The summed E-state index contributed by atoms with van der Waals surface area (Å²) in [5, 5.41) is 14.3. The molecule has 1 saturated heterocycles. The quantitative estimate of drug-likeness (QED) is 0.501. The molecule has 1 aliphatic heterocycles. The summed E-state index contributed by atoms with van der Waals surface area (Å²) in [6, 6.07) is -1.65. The number of nitrogens with two attached hydrogens (primary N) is 1. The molecule has 0 radical (unpaired) electrons. The average molecular weight is 319 g/mol. The van der Waals surface area contributed by atoms with Gasteiger partial charge in [-0.3, -0.25) is 4.79 Å². The molecule has 0 aromatic rings. The van der Waals surface area contributed by atoms with Crippen molar-refractivity contribution in [1.29, 1.82) is 0 Å². The molecule has 0 aromatic heterocycles. The Bertz CT molecular complexity index is 398. The second-order valence-electron chi connectivity index (χ2n) is 4.83. The lowest BCUT2D eigenvalue weighted by Crippen LogP contribution is -2.61. The molecule has 1 atom stereocenters. The third kappa shape index (κ3) is 5.09. The molecule has 3 amide bonds. The van der Waals surface area contributed by atoms with Gasteiger partial charge in [0.05, 0.1) is 0 Å². The topological polar surface area (TPSA) is 131 Å². The summed E-state index contributed by atoms with van der Waals surface area (Å²) in [6.07, 6.45) is 2.64. The molecule has 0 aliphatic carbocycles. The zero-order valence-electron chi connectivity index (χ0n) is 11.9. The Morgan fingerprint density at radius 3 is 2.48 bits per heavy atom. The number of carbonyl (C=O) groups is 3. The molecular weight excluding hydrogens is 298 g/mol. The fourth-order valence-corrected chi connectivity index (χ4v) is 2.58. The highest BCUT2D eigenvalue weighted by molar-refractivity contribution is 7.98. The molecule has 1 aliphatic rings. The van der Waals surface area contributed by atoms with E-state index in [1.165, 1.54) is 11.8 Å². The Kier molecular flexibility index (Phi) is 6.76. The van der Waals surface area contributed by atoms with E-state index < -0.39 is 29.5 Å². The summed E-state index contributed by atoms with van der Waals surface area (Å²) in [5.41, 5.74) is 3.71. The maximum absolute atomic E-state index is 12.3. The van der Waals surface area contributed by atoms with E-state index in [2.05, 4.69) is 10.6 Å². The number of carbonyl (C=O) groups excluding carboxylic acids is 2. The van der Waals surface area contributed by atoms with Crippen LogP contribution in [0.2, 0.25) is 0 Å². The van der Waals surface area contributed by atoms with E-state index in [4.69, 9.17) is 10.5 Å². The SMILES string of the molecule is CSCCC(NC(N)=O)C(=O)NC1(C(=O)O)CCOCC1. The van der Waals surface area contributed by atoms with Crippen molar-refractivity contribution in [3.63, 3.8) is 0 Å². The fraction of sp³-hybridized carbons (Fsp3) is 0.750. The molecule has 0 aromatic carbocycles. The summed E-state index contributed by atoms with van der Waals surface area (Å²) in [4.78, 5) is 34.7. The van der Waals surface area contributed by atoms with Gasteiger partial charge in [-0.2, -0.15) is 11.8 Å². The predicted octanol–water partition coefficient (Wildman–Crippen LogP) is -0.474. The van der Waals surface area contributed by atoms with E-state index in [-0.39, 0.29) is 26.1 Å². The van der Waals surface area contributed by atoms with Crippen molar-refractivity contribution >= 4 is 29.7 Å². The number of thioether (sulfide) groups is 1. The lowest BCUT2D eigenvalue weighted by atomic mass is 9.89. The maximum Gasteiger partial charge on any atom is 0.329 e. The van der Waals surface area contributed by atoms with Crippen molar-refractivity contribution in [2.45, 2.75) is 30.8 Å². The molecule has 9 heteroatoms. The fourth-order valence-electron chi connectivity index (χ4n) is 2.11. The van der Waals surface area contributed by atoms with Crippen molar-refractivity contribution in [3.05, 3.63) is 0 Å². The summed E-state index contributed by atoms with van der Waals surface area (Å²) in [7, 11) is 0. The van der Waals surface area contributed by atoms with Crippen LogP contribution in [0.3, 0.4) is 0 Å². The van der Waals surface area contributed by atoms with Gasteiger partial charge in [-0.1, -0.05) is 0 Å². The van der Waals surface area contributed by atoms with E-state index >= 15 is 0 Å². The first-order valence-corrected chi connectivity index (χ1v) is 7.99. The molecule has 1 rings (SSSR count). The van der Waals surface area contributed by atoms with Crippen LogP contribution in [0.15, 0.2) is 0 Å². The first-order chi connectivity index (χ1) is 9.91. The number of hydrogen-bond acceptors (Lipinski definition) is 5. The zero-order valence-corrected chi connectivity index (χ0v) is 12.7. The molecule has 1 unspecified atom stereocenters. The van der Waals surface area contributed by atoms with Gasteiger partial charge in [0.25, 0.3) is 0 Å². The van der Waals surface area contributed by atoms with Crippen LogP contribution < -0.4 is 16.4 Å². The Morgan fingerprint density at radius 1 is 1.38 bits per heavy atom. The first-order valence-electron chi connectivity index (χ1n) is 6.59. The molecule has 8 nitrogen and oxygen atoms in total. The molecule has 1 fully saturated rings. The average Bonchev–Trinajstić information content (AvgIpc) is 2.43. The van der Waals surface area contributed by atoms with Crippen molar-refractivity contribution in [1.82, 2.24) is 10.6 Å². The van der Waals surface area contributed by atoms with Crippen LogP contribution in [0.25, 0.3) is 0 Å². The minimum absolute atomic E-state index is 0.194. The summed E-state index contributed by atoms with van der Waals surface area (Å²) >= 11 is 1.52. The van der Waals surface area contributed by atoms with Crippen LogP contribution in [-0.2, 0) is 14.3 Å². The number of urea groups is 1. The van der Waals surface area contributed by atoms with E-state index in [9.17, 15) is 19.5 Å². The number of ether oxygens (including phenoxy) is 1. The highest BCUT2D eigenvalue weighted by Gasteiger charge is 2.42. The Hall–Kier alpha value is -1.48. The highest BCUT2D eigenvalue weighted by atomic mass is 32.2. The van der Waals surface area contributed by atoms with Crippen molar-refractivity contribution in [3.8, 4) is 0 Å². The van der Waals surface area contributed by atoms with Crippen LogP contribution in [0.4, 0.5) is 4.79 Å². The van der Waals surface area contributed by atoms with E-state index in [0.29, 0.717) is 12.2 Å². The van der Waals surface area contributed by atoms with Crippen LogP contribution in [0, 0.1) is 0 Å². The van der Waals surface area contributed by atoms with Crippen LogP contribution in [0.5, 0.6) is 0 Å². The van der Waals surface area contributed by atoms with E-state index in [1.807, 2.05) is 6.26 Å². The molecule has 0 saturated carbocycles. The van der Waals surface area contributed by atoms with Crippen LogP contribution in [-0.4, -0.2) is 59.8 Å². The Balaban J connectivity index is 2.76. The van der Waals surface area contributed by atoms with Gasteiger partial charge in [0.1, 0.15) is 11.6 Å². The summed E-state index contributed by atoms with van der Waals surface area (Å²) < 4.78 is 5.14. The lowest BCUT2D eigenvalue weighted by Gasteiger charge is -2.35. The minimum atomic E-state index is -1.34. The van der Waals surface area contributed by atoms with Gasteiger partial charge in [-0.25, -0.2) is 9.59 Å². The Morgan fingerprint density at radius 2 is 2.00 bits per heavy atom. The van der Waals surface area contributed by atoms with E-state index in [0.717, 1.165) is 0 Å². The largest absolute Gasteiger partial charge is 0.480 e. The number of carboxylic acid groups (broad SMARTS) is 1. The number of aliphatic carboxylic acids is 1. The third-order valence-electron chi connectivity index (χ3n) is 3.36. The minimum Gasteiger partial charge on any atom is -0.480 e. The Labute approximate surface area is 127 Å². The van der Waals surface area contributed by atoms with Crippen molar-refractivity contribution in [2.75, 3.05) is 25.2 Å². The number of rotatable bonds is 7. The third-order valence-corrected chi connectivity index (χ3v) is 4.01. The maximum atomic E-state index is 12.3. The number of carboxylic acids is 1. The molecule has 21 heavy (non-hydrogen) atoms. The van der Waals surface area contributed by atoms with E-state index in [1.54, 1.807) is 0 Å². The normalized spacial score (nSPS) is 18.5. The van der Waals surface area contributed by atoms with Gasteiger partial charge in [0.15, 0.2) is 0 Å². The monoisotopic (exact) mass is 319 g/mol. The molecular formula is C12H21N3O5S. The second-order valence-corrected chi connectivity index (χ2v) is 5.82.